The van der Waals surface area contributed by atoms with E-state index in [1.54, 1.807) is 0 Å². The summed E-state index contributed by atoms with van der Waals surface area (Å²) in [7, 11) is 3.84. The fourth-order valence-electron chi connectivity index (χ4n) is 1.53. The molecule has 2 amide bonds. The first-order valence-corrected chi connectivity index (χ1v) is 6.38. The van der Waals surface area contributed by atoms with Gasteiger partial charge in [0.2, 0.25) is 0 Å². The van der Waals surface area contributed by atoms with Crippen LogP contribution in [0.15, 0.2) is 24.3 Å². The number of hydrogen-bond acceptors (Lipinski definition) is 5. The van der Waals surface area contributed by atoms with Crippen molar-refractivity contribution in [1.82, 2.24) is 10.2 Å². The molecule has 0 aromatic heterocycles. The van der Waals surface area contributed by atoms with Gasteiger partial charge in [0.1, 0.15) is 0 Å². The van der Waals surface area contributed by atoms with Gasteiger partial charge in [0.25, 0.3) is 5.69 Å². The smallest absolute Gasteiger partial charge is 0.313 e. The molecule has 0 bridgehead atoms. The van der Waals surface area contributed by atoms with E-state index >= 15 is 0 Å². The maximum Gasteiger partial charge on any atom is 0.313 e. The Bertz CT molecular complexity index is 513. The zero-order chi connectivity index (χ0) is 15.8. The van der Waals surface area contributed by atoms with Gasteiger partial charge in [0.15, 0.2) is 0 Å². The van der Waals surface area contributed by atoms with Gasteiger partial charge in [-0.1, -0.05) is 0 Å². The largest absolute Gasteiger partial charge is 0.348 e. The van der Waals surface area contributed by atoms with Crippen molar-refractivity contribution < 1.29 is 14.5 Å². The van der Waals surface area contributed by atoms with E-state index in [0.717, 1.165) is 13.0 Å². The van der Waals surface area contributed by atoms with Gasteiger partial charge in [-0.05, 0) is 39.2 Å². The predicted molar refractivity (Wildman–Crippen MR) is 77.9 cm³/mol. The standard InChI is InChI=1S/C13H18N4O4/c1-16(2)9-3-8-14-12(18)13(19)15-10-4-6-11(7-5-10)17(20)21/h4-7H,3,8-9H2,1-2H3,(H,14,18)(H,15,19). The van der Waals surface area contributed by atoms with Crippen LogP contribution in [0.5, 0.6) is 0 Å². The van der Waals surface area contributed by atoms with Crippen LogP contribution < -0.4 is 10.6 Å². The van der Waals surface area contributed by atoms with E-state index in [0.29, 0.717) is 12.2 Å². The molecule has 0 fully saturated rings. The number of amides is 2. The second-order valence-electron chi connectivity index (χ2n) is 4.67. The molecule has 1 rings (SSSR count). The number of nitro groups is 1. The van der Waals surface area contributed by atoms with Crippen LogP contribution in [0.25, 0.3) is 0 Å². The van der Waals surface area contributed by atoms with Crippen LogP contribution in [-0.2, 0) is 9.59 Å². The van der Waals surface area contributed by atoms with Crippen molar-refractivity contribution in [3.8, 4) is 0 Å². The van der Waals surface area contributed by atoms with Gasteiger partial charge in [0.05, 0.1) is 4.92 Å². The first-order chi connectivity index (χ1) is 9.90. The third-order valence-electron chi connectivity index (χ3n) is 2.61. The summed E-state index contributed by atoms with van der Waals surface area (Å²) >= 11 is 0. The van der Waals surface area contributed by atoms with Crippen LogP contribution in [-0.4, -0.2) is 48.8 Å². The molecule has 21 heavy (non-hydrogen) atoms. The number of hydrogen-bond donors (Lipinski definition) is 2. The lowest BCUT2D eigenvalue weighted by atomic mass is 10.3. The molecule has 0 saturated carbocycles. The van der Waals surface area contributed by atoms with E-state index in [4.69, 9.17) is 0 Å². The van der Waals surface area contributed by atoms with Crippen molar-refractivity contribution in [2.75, 3.05) is 32.5 Å². The van der Waals surface area contributed by atoms with Gasteiger partial charge >= 0.3 is 11.8 Å². The van der Waals surface area contributed by atoms with Crippen LogP contribution in [0.2, 0.25) is 0 Å². The van der Waals surface area contributed by atoms with Gasteiger partial charge in [-0.25, -0.2) is 0 Å². The molecular weight excluding hydrogens is 276 g/mol. The monoisotopic (exact) mass is 294 g/mol. The fourth-order valence-corrected chi connectivity index (χ4v) is 1.53. The summed E-state index contributed by atoms with van der Waals surface area (Å²) in [6.45, 7) is 1.22. The van der Waals surface area contributed by atoms with E-state index in [-0.39, 0.29) is 5.69 Å². The normalized spacial score (nSPS) is 10.2. The van der Waals surface area contributed by atoms with Crippen LogP contribution in [0, 0.1) is 10.1 Å². The van der Waals surface area contributed by atoms with Crippen molar-refractivity contribution in [2.24, 2.45) is 0 Å². The summed E-state index contributed by atoms with van der Waals surface area (Å²) in [5.41, 5.74) is 0.246. The maximum absolute atomic E-state index is 11.6. The second kappa shape index (κ2) is 7.95. The minimum atomic E-state index is -0.797. The number of anilines is 1. The molecule has 0 aliphatic rings. The molecule has 0 aliphatic carbocycles. The number of benzene rings is 1. The molecule has 1 aromatic carbocycles. The Morgan fingerprint density at radius 1 is 1.19 bits per heavy atom. The van der Waals surface area contributed by atoms with Gasteiger partial charge in [-0.15, -0.1) is 0 Å². The van der Waals surface area contributed by atoms with Crippen molar-refractivity contribution >= 4 is 23.2 Å². The Balaban J connectivity index is 2.41. The van der Waals surface area contributed by atoms with E-state index in [1.807, 2.05) is 19.0 Å². The predicted octanol–water partition coefficient (Wildman–Crippen LogP) is 0.601. The number of rotatable bonds is 6. The highest BCUT2D eigenvalue weighted by atomic mass is 16.6. The Morgan fingerprint density at radius 2 is 1.81 bits per heavy atom. The van der Waals surface area contributed by atoms with Crippen LogP contribution >= 0.6 is 0 Å². The molecule has 8 nitrogen and oxygen atoms in total. The van der Waals surface area contributed by atoms with Gasteiger partial charge in [-0.2, -0.15) is 0 Å². The van der Waals surface area contributed by atoms with E-state index in [2.05, 4.69) is 10.6 Å². The molecular formula is C13H18N4O4. The lowest BCUT2D eigenvalue weighted by Crippen LogP contribution is -2.36. The summed E-state index contributed by atoms with van der Waals surface area (Å²) < 4.78 is 0. The molecule has 0 heterocycles. The lowest BCUT2D eigenvalue weighted by molar-refractivity contribution is -0.384. The molecule has 0 aliphatic heterocycles. The maximum atomic E-state index is 11.6. The molecule has 114 valence electrons. The average Bonchev–Trinajstić information content (AvgIpc) is 2.43. The highest BCUT2D eigenvalue weighted by Crippen LogP contribution is 2.15. The Kier molecular flexibility index (Phi) is 6.28. The minimum absolute atomic E-state index is 0.0823. The van der Waals surface area contributed by atoms with Crippen molar-refractivity contribution in [3.05, 3.63) is 34.4 Å². The summed E-state index contributed by atoms with van der Waals surface area (Å²) in [6, 6.07) is 5.25. The topological polar surface area (TPSA) is 105 Å². The number of carbonyl (C=O) groups is 2. The minimum Gasteiger partial charge on any atom is -0.348 e. The Morgan fingerprint density at radius 3 is 2.33 bits per heavy atom. The van der Waals surface area contributed by atoms with E-state index in [9.17, 15) is 19.7 Å². The molecule has 0 atom stereocenters. The van der Waals surface area contributed by atoms with Crippen LogP contribution in [0.1, 0.15) is 6.42 Å². The van der Waals surface area contributed by atoms with Crippen molar-refractivity contribution in [2.45, 2.75) is 6.42 Å². The zero-order valence-corrected chi connectivity index (χ0v) is 12.0. The van der Waals surface area contributed by atoms with E-state index in [1.165, 1.54) is 24.3 Å². The highest BCUT2D eigenvalue weighted by Gasteiger charge is 2.13. The third kappa shape index (κ3) is 6.00. The molecule has 0 radical (unpaired) electrons. The second-order valence-corrected chi connectivity index (χ2v) is 4.67. The van der Waals surface area contributed by atoms with Crippen LogP contribution in [0.4, 0.5) is 11.4 Å². The Hall–Kier alpha value is -2.48. The van der Waals surface area contributed by atoms with E-state index < -0.39 is 16.7 Å². The number of non-ortho nitro benzene ring substituents is 1. The Labute approximate surface area is 122 Å². The zero-order valence-electron chi connectivity index (χ0n) is 12.0. The lowest BCUT2D eigenvalue weighted by Gasteiger charge is -2.10. The van der Waals surface area contributed by atoms with Crippen molar-refractivity contribution in [3.63, 3.8) is 0 Å². The summed E-state index contributed by atoms with van der Waals surface area (Å²) in [5.74, 6) is -1.53. The number of nitrogens with one attached hydrogen (secondary N) is 2. The summed E-state index contributed by atoms with van der Waals surface area (Å²) in [6.07, 6.45) is 0.740. The molecule has 0 spiro atoms. The summed E-state index contributed by atoms with van der Waals surface area (Å²) in [5, 5.41) is 15.4. The number of nitro benzene ring substituents is 1. The third-order valence-corrected chi connectivity index (χ3v) is 2.61. The molecule has 8 heteroatoms. The molecule has 2 N–H and O–H groups in total. The fraction of sp³-hybridized carbons (Fsp3) is 0.385. The molecule has 0 saturated heterocycles. The van der Waals surface area contributed by atoms with Gasteiger partial charge in [0, 0.05) is 24.4 Å². The van der Waals surface area contributed by atoms with Crippen LogP contribution in [0.3, 0.4) is 0 Å². The number of carbonyl (C=O) groups excluding carboxylic acids is 2. The number of nitrogens with zero attached hydrogens (tertiary/aromatic N) is 2. The highest BCUT2D eigenvalue weighted by molar-refractivity contribution is 6.39. The SMILES string of the molecule is CN(C)CCCNC(=O)C(=O)Nc1ccc([N+](=O)[O-])cc1. The average molecular weight is 294 g/mol. The molecule has 0 unspecified atom stereocenters. The van der Waals surface area contributed by atoms with Gasteiger partial charge < -0.3 is 15.5 Å². The van der Waals surface area contributed by atoms with Crippen molar-refractivity contribution in [1.29, 1.82) is 0 Å². The molecule has 1 aromatic rings. The first-order valence-electron chi connectivity index (χ1n) is 6.38. The first kappa shape index (κ1) is 16.6. The van der Waals surface area contributed by atoms with Gasteiger partial charge in [-0.3, -0.25) is 19.7 Å². The quantitative estimate of drug-likeness (QED) is 0.346. The summed E-state index contributed by atoms with van der Waals surface area (Å²) in [4.78, 5) is 35.0.